The van der Waals surface area contributed by atoms with Crippen molar-refractivity contribution in [1.29, 1.82) is 0 Å². The number of halogens is 3. The fraction of sp³-hybridized carbons (Fsp3) is 0.0667. The van der Waals surface area contributed by atoms with Crippen molar-refractivity contribution in [2.45, 2.75) is 0 Å². The zero-order valence-electron chi connectivity index (χ0n) is 11.6. The second-order valence-corrected chi connectivity index (χ2v) is 5.11. The minimum atomic E-state index is -0.874. The van der Waals surface area contributed by atoms with Gasteiger partial charge in [-0.15, -0.1) is 0 Å². The van der Waals surface area contributed by atoms with Gasteiger partial charge in [-0.3, -0.25) is 10.1 Å². The first kappa shape index (κ1) is 17.1. The Morgan fingerprint density at radius 3 is 2.57 bits per heavy atom. The molecule has 23 heavy (non-hydrogen) atoms. The molecule has 2 N–H and O–H groups in total. The summed E-state index contributed by atoms with van der Waals surface area (Å²) in [6.45, 7) is -0.454. The summed E-state index contributed by atoms with van der Waals surface area (Å²) in [6.07, 6.45) is 0. The highest BCUT2D eigenvalue weighted by atomic mass is 35.5. The number of para-hydroxylation sites is 1. The van der Waals surface area contributed by atoms with Gasteiger partial charge in [0.2, 0.25) is 0 Å². The van der Waals surface area contributed by atoms with Crippen molar-refractivity contribution in [3.8, 4) is 5.75 Å². The van der Waals surface area contributed by atoms with Crippen LogP contribution in [0.1, 0.15) is 0 Å². The van der Waals surface area contributed by atoms with Crippen molar-refractivity contribution in [3.63, 3.8) is 0 Å². The molecule has 0 spiro atoms. The maximum Gasteiger partial charge on any atom is 0.326 e. The summed E-state index contributed by atoms with van der Waals surface area (Å²) in [7, 11) is 0. The van der Waals surface area contributed by atoms with E-state index in [2.05, 4.69) is 5.32 Å². The van der Waals surface area contributed by atoms with Gasteiger partial charge >= 0.3 is 6.03 Å². The first-order valence-corrected chi connectivity index (χ1v) is 7.15. The van der Waals surface area contributed by atoms with E-state index in [-0.39, 0.29) is 21.5 Å². The van der Waals surface area contributed by atoms with Crippen LogP contribution in [0.5, 0.6) is 5.75 Å². The molecule has 0 aliphatic heterocycles. The monoisotopic (exact) mass is 356 g/mol. The second kappa shape index (κ2) is 7.80. The molecule has 0 aliphatic carbocycles. The summed E-state index contributed by atoms with van der Waals surface area (Å²) in [5, 5.41) is 4.66. The molecule has 0 radical (unpaired) electrons. The molecule has 2 rings (SSSR count). The molecule has 0 atom stereocenters. The van der Waals surface area contributed by atoms with Crippen molar-refractivity contribution < 1.29 is 18.7 Å². The minimum absolute atomic E-state index is 0.0448. The maximum atomic E-state index is 13.4. The zero-order chi connectivity index (χ0) is 16.8. The summed E-state index contributed by atoms with van der Waals surface area (Å²) in [5.74, 6) is -1.13. The van der Waals surface area contributed by atoms with Crippen molar-refractivity contribution >= 4 is 40.8 Å². The number of urea groups is 1. The Hall–Kier alpha value is -2.31. The molecule has 0 unspecified atom stereocenters. The Bertz CT molecular complexity index is 740. The highest BCUT2D eigenvalue weighted by Gasteiger charge is 2.12. The summed E-state index contributed by atoms with van der Waals surface area (Å²) >= 11 is 11.7. The van der Waals surface area contributed by atoms with Crippen LogP contribution in [0.4, 0.5) is 14.9 Å². The number of hydrogen-bond donors (Lipinski definition) is 2. The van der Waals surface area contributed by atoms with Crippen molar-refractivity contribution in [2.24, 2.45) is 0 Å². The Kier molecular flexibility index (Phi) is 5.78. The normalized spacial score (nSPS) is 10.0. The number of imide groups is 1. The third-order valence-corrected chi connectivity index (χ3v) is 3.45. The van der Waals surface area contributed by atoms with Crippen LogP contribution in [0.3, 0.4) is 0 Å². The summed E-state index contributed by atoms with van der Waals surface area (Å²) in [4.78, 5) is 23.2. The van der Waals surface area contributed by atoms with E-state index in [4.69, 9.17) is 27.9 Å². The van der Waals surface area contributed by atoms with Gasteiger partial charge in [-0.25, -0.2) is 9.18 Å². The molecule has 3 amide bonds. The lowest BCUT2D eigenvalue weighted by molar-refractivity contribution is -0.121. The third-order valence-electron chi connectivity index (χ3n) is 2.65. The van der Waals surface area contributed by atoms with Gasteiger partial charge in [0.1, 0.15) is 16.6 Å². The summed E-state index contributed by atoms with van der Waals surface area (Å²) in [5.41, 5.74) is -0.0448. The Morgan fingerprint density at radius 2 is 1.83 bits per heavy atom. The van der Waals surface area contributed by atoms with E-state index in [1.807, 2.05) is 5.32 Å². The number of ether oxygens (including phenoxy) is 1. The molecule has 5 nitrogen and oxygen atoms in total. The van der Waals surface area contributed by atoms with Gasteiger partial charge in [-0.2, -0.15) is 0 Å². The number of benzene rings is 2. The highest BCUT2D eigenvalue weighted by molar-refractivity contribution is 6.42. The van der Waals surface area contributed by atoms with E-state index in [0.29, 0.717) is 0 Å². The molecule has 0 saturated carbocycles. The number of nitrogens with one attached hydrogen (secondary N) is 2. The van der Waals surface area contributed by atoms with E-state index in [1.165, 1.54) is 24.3 Å². The number of anilines is 1. The van der Waals surface area contributed by atoms with Crippen LogP contribution >= 0.6 is 23.2 Å². The number of carbonyl (C=O) groups is 2. The van der Waals surface area contributed by atoms with Gasteiger partial charge < -0.3 is 10.1 Å². The van der Waals surface area contributed by atoms with Gasteiger partial charge in [0.15, 0.2) is 6.61 Å². The van der Waals surface area contributed by atoms with Crippen LogP contribution in [0, 0.1) is 5.82 Å². The van der Waals surface area contributed by atoms with Crippen molar-refractivity contribution in [2.75, 3.05) is 11.9 Å². The third kappa shape index (κ3) is 4.84. The molecule has 0 bridgehead atoms. The molecule has 2 aromatic carbocycles. The Morgan fingerprint density at radius 1 is 1.09 bits per heavy atom. The van der Waals surface area contributed by atoms with E-state index in [9.17, 15) is 14.0 Å². The minimum Gasteiger partial charge on any atom is -0.482 e. The van der Waals surface area contributed by atoms with E-state index in [1.54, 1.807) is 18.2 Å². The first-order chi connectivity index (χ1) is 11.0. The van der Waals surface area contributed by atoms with Gasteiger partial charge in [0.25, 0.3) is 5.91 Å². The number of carbonyl (C=O) groups excluding carboxylic acids is 2. The molecular weight excluding hydrogens is 346 g/mol. The van der Waals surface area contributed by atoms with E-state index < -0.39 is 24.4 Å². The van der Waals surface area contributed by atoms with Gasteiger partial charge in [-0.1, -0.05) is 41.4 Å². The van der Waals surface area contributed by atoms with Crippen LogP contribution in [0.2, 0.25) is 10.0 Å². The van der Waals surface area contributed by atoms with Crippen molar-refractivity contribution in [1.82, 2.24) is 5.32 Å². The number of hydrogen-bond acceptors (Lipinski definition) is 3. The molecular formula is C15H11Cl2FN2O3. The van der Waals surface area contributed by atoms with Crippen molar-refractivity contribution in [3.05, 3.63) is 58.3 Å². The van der Waals surface area contributed by atoms with Crippen LogP contribution in [-0.2, 0) is 4.79 Å². The zero-order valence-corrected chi connectivity index (χ0v) is 13.1. The summed E-state index contributed by atoms with van der Waals surface area (Å²) in [6, 6.07) is 9.40. The molecule has 8 heteroatoms. The van der Waals surface area contributed by atoms with Crippen LogP contribution in [0.15, 0.2) is 42.5 Å². The second-order valence-electron chi connectivity index (χ2n) is 4.32. The lowest BCUT2D eigenvalue weighted by Crippen LogP contribution is -2.37. The first-order valence-electron chi connectivity index (χ1n) is 6.39. The number of amides is 3. The topological polar surface area (TPSA) is 67.4 Å². The molecule has 0 saturated heterocycles. The standard InChI is InChI=1S/C15H11Cl2FN2O3/c16-9-4-3-7-12(14(9)17)23-8-13(21)20-15(22)19-11-6-2-1-5-10(11)18/h1-7H,8H2,(H2,19,20,21,22). The SMILES string of the molecule is O=C(COc1cccc(Cl)c1Cl)NC(=O)Nc1ccccc1F. The van der Waals surface area contributed by atoms with E-state index >= 15 is 0 Å². The Balaban J connectivity index is 1.86. The molecule has 2 aromatic rings. The average molecular weight is 357 g/mol. The van der Waals surface area contributed by atoms with Crippen LogP contribution < -0.4 is 15.4 Å². The Labute approximate surface area is 141 Å². The average Bonchev–Trinajstić information content (AvgIpc) is 2.51. The molecule has 0 aromatic heterocycles. The fourth-order valence-corrected chi connectivity index (χ4v) is 1.96. The molecule has 120 valence electrons. The largest absolute Gasteiger partial charge is 0.482 e. The summed E-state index contributed by atoms with van der Waals surface area (Å²) < 4.78 is 18.5. The van der Waals surface area contributed by atoms with Gasteiger partial charge in [-0.05, 0) is 24.3 Å². The lowest BCUT2D eigenvalue weighted by Gasteiger charge is -2.10. The molecule has 0 aliphatic rings. The predicted octanol–water partition coefficient (Wildman–Crippen LogP) is 3.86. The maximum absolute atomic E-state index is 13.4. The predicted molar refractivity (Wildman–Crippen MR) is 85.5 cm³/mol. The quantitative estimate of drug-likeness (QED) is 0.873. The van der Waals surface area contributed by atoms with Crippen LogP contribution in [-0.4, -0.2) is 18.5 Å². The lowest BCUT2D eigenvalue weighted by atomic mass is 10.3. The van der Waals surface area contributed by atoms with Gasteiger partial charge in [0, 0.05) is 0 Å². The molecule has 0 fully saturated rings. The fourth-order valence-electron chi connectivity index (χ4n) is 1.62. The van der Waals surface area contributed by atoms with Crippen LogP contribution in [0.25, 0.3) is 0 Å². The molecule has 0 heterocycles. The van der Waals surface area contributed by atoms with Gasteiger partial charge in [0.05, 0.1) is 10.7 Å². The van der Waals surface area contributed by atoms with E-state index in [0.717, 1.165) is 0 Å². The highest BCUT2D eigenvalue weighted by Crippen LogP contribution is 2.31. The number of rotatable bonds is 4. The smallest absolute Gasteiger partial charge is 0.326 e.